The lowest BCUT2D eigenvalue weighted by Gasteiger charge is -2.22. The third-order valence-corrected chi connectivity index (χ3v) is 5.48. The molecule has 154 valence electrons. The largest absolute Gasteiger partial charge is 0.497 e. The van der Waals surface area contributed by atoms with Crippen LogP contribution in [0.4, 0.5) is 5.69 Å². The van der Waals surface area contributed by atoms with E-state index in [0.717, 1.165) is 0 Å². The van der Waals surface area contributed by atoms with Crippen molar-refractivity contribution in [3.63, 3.8) is 0 Å². The van der Waals surface area contributed by atoms with Crippen LogP contribution in [-0.4, -0.2) is 34.1 Å². The van der Waals surface area contributed by atoms with E-state index in [1.165, 1.54) is 31.4 Å². The van der Waals surface area contributed by atoms with Crippen molar-refractivity contribution < 1.29 is 22.7 Å². The summed E-state index contributed by atoms with van der Waals surface area (Å²) in [6.07, 6.45) is 0. The average molecular weight is 417 g/mol. The molecule has 0 saturated heterocycles. The quantitative estimate of drug-likeness (QED) is 0.647. The highest BCUT2D eigenvalue weighted by Crippen LogP contribution is 2.19. The first-order chi connectivity index (χ1) is 13.8. The summed E-state index contributed by atoms with van der Waals surface area (Å²) in [5.74, 6) is 0.249. The zero-order valence-electron chi connectivity index (χ0n) is 16.4. The van der Waals surface area contributed by atoms with Crippen molar-refractivity contribution in [2.75, 3.05) is 19.0 Å². The first-order valence-electron chi connectivity index (χ1n) is 8.84. The molecule has 8 nitrogen and oxygen atoms in total. The van der Waals surface area contributed by atoms with Gasteiger partial charge in [0.15, 0.2) is 6.61 Å². The van der Waals surface area contributed by atoms with Gasteiger partial charge in [0.25, 0.3) is 0 Å². The molecular formula is C20H23N3O5S. The maximum atomic E-state index is 12.7. The maximum Gasteiger partial charge on any atom is 0.242 e. The van der Waals surface area contributed by atoms with Gasteiger partial charge in [0.1, 0.15) is 23.6 Å². The van der Waals surface area contributed by atoms with Crippen LogP contribution in [0.1, 0.15) is 13.8 Å². The summed E-state index contributed by atoms with van der Waals surface area (Å²) >= 11 is 0. The minimum absolute atomic E-state index is 0.0377. The third-order valence-electron chi connectivity index (χ3n) is 4.03. The monoisotopic (exact) mass is 417 g/mol. The molecule has 0 aromatic heterocycles. The number of sulfonamides is 1. The molecule has 9 heteroatoms. The zero-order valence-corrected chi connectivity index (χ0v) is 17.2. The Kier molecular flexibility index (Phi) is 7.59. The standard InChI is InChI=1S/C20H23N3O5S/c1-14(2)19(23-29(25,26)18-10-8-16(27-3)9-11-18)20(24)22-15-4-6-17(7-5-15)28-13-12-21/h4-11,14,19,23H,13H2,1-3H3,(H,22,24). The molecule has 0 bridgehead atoms. The van der Waals surface area contributed by atoms with Gasteiger partial charge in [-0.1, -0.05) is 13.8 Å². The zero-order chi connectivity index (χ0) is 21.4. The predicted octanol–water partition coefficient (Wildman–Crippen LogP) is 2.54. The van der Waals surface area contributed by atoms with Gasteiger partial charge in [0, 0.05) is 5.69 Å². The van der Waals surface area contributed by atoms with Gasteiger partial charge in [-0.05, 0) is 54.4 Å². The number of ether oxygens (including phenoxy) is 2. The Hall–Kier alpha value is -3.09. The molecule has 1 amide bonds. The molecule has 1 unspecified atom stereocenters. The van der Waals surface area contributed by atoms with Gasteiger partial charge in [-0.2, -0.15) is 9.98 Å². The highest BCUT2D eigenvalue weighted by atomic mass is 32.2. The summed E-state index contributed by atoms with van der Waals surface area (Å²) in [5.41, 5.74) is 0.480. The lowest BCUT2D eigenvalue weighted by Crippen LogP contribution is -2.47. The van der Waals surface area contributed by atoms with Crippen LogP contribution in [0.15, 0.2) is 53.4 Å². The summed E-state index contributed by atoms with van der Waals surface area (Å²) < 4.78 is 38.0. The van der Waals surface area contributed by atoms with Crippen molar-refractivity contribution in [3.05, 3.63) is 48.5 Å². The van der Waals surface area contributed by atoms with Crippen molar-refractivity contribution in [2.45, 2.75) is 24.8 Å². The summed E-state index contributed by atoms with van der Waals surface area (Å²) in [4.78, 5) is 12.7. The molecule has 29 heavy (non-hydrogen) atoms. The molecule has 2 aromatic carbocycles. The number of hydrogen-bond donors (Lipinski definition) is 2. The molecule has 0 aliphatic rings. The second-order valence-electron chi connectivity index (χ2n) is 6.48. The second-order valence-corrected chi connectivity index (χ2v) is 8.19. The van der Waals surface area contributed by atoms with E-state index < -0.39 is 22.0 Å². The van der Waals surface area contributed by atoms with Gasteiger partial charge in [-0.25, -0.2) is 8.42 Å². The number of nitrogens with one attached hydrogen (secondary N) is 2. The molecule has 0 aliphatic carbocycles. The van der Waals surface area contributed by atoms with Crippen LogP contribution in [0.5, 0.6) is 11.5 Å². The fraction of sp³-hybridized carbons (Fsp3) is 0.300. The van der Waals surface area contributed by atoms with Crippen molar-refractivity contribution in [1.29, 1.82) is 5.26 Å². The number of anilines is 1. The van der Waals surface area contributed by atoms with Crippen LogP contribution < -0.4 is 19.5 Å². The number of carbonyl (C=O) groups excluding carboxylic acids is 1. The molecule has 2 rings (SSSR count). The fourth-order valence-corrected chi connectivity index (χ4v) is 3.80. The Bertz CT molecular complexity index is 965. The van der Waals surface area contributed by atoms with Gasteiger partial charge in [0.2, 0.25) is 15.9 Å². The van der Waals surface area contributed by atoms with E-state index in [1.807, 2.05) is 6.07 Å². The van der Waals surface area contributed by atoms with Gasteiger partial charge in [-0.3, -0.25) is 4.79 Å². The molecule has 0 fully saturated rings. The van der Waals surface area contributed by atoms with Crippen LogP contribution >= 0.6 is 0 Å². The van der Waals surface area contributed by atoms with E-state index in [-0.39, 0.29) is 17.4 Å². The minimum Gasteiger partial charge on any atom is -0.497 e. The predicted molar refractivity (Wildman–Crippen MR) is 108 cm³/mol. The number of rotatable bonds is 9. The Morgan fingerprint density at radius 1 is 1.07 bits per heavy atom. The van der Waals surface area contributed by atoms with Crippen molar-refractivity contribution in [1.82, 2.24) is 4.72 Å². The van der Waals surface area contributed by atoms with E-state index in [9.17, 15) is 13.2 Å². The summed E-state index contributed by atoms with van der Waals surface area (Å²) in [5, 5.41) is 11.2. The molecule has 0 spiro atoms. The van der Waals surface area contributed by atoms with E-state index in [0.29, 0.717) is 17.2 Å². The first-order valence-corrected chi connectivity index (χ1v) is 10.3. The second kappa shape index (κ2) is 9.91. The number of amides is 1. The number of carbonyl (C=O) groups is 1. The first kappa shape index (κ1) is 22.2. The van der Waals surface area contributed by atoms with E-state index in [4.69, 9.17) is 14.7 Å². The molecule has 2 N–H and O–H groups in total. The Balaban J connectivity index is 2.11. The highest BCUT2D eigenvalue weighted by molar-refractivity contribution is 7.89. The van der Waals surface area contributed by atoms with Crippen LogP contribution in [0.25, 0.3) is 0 Å². The number of nitriles is 1. The summed E-state index contributed by atoms with van der Waals surface area (Å²) in [7, 11) is -2.41. The number of benzene rings is 2. The fourth-order valence-electron chi connectivity index (χ4n) is 2.45. The minimum atomic E-state index is -3.90. The lowest BCUT2D eigenvalue weighted by molar-refractivity contribution is -0.118. The average Bonchev–Trinajstić information content (AvgIpc) is 2.71. The van der Waals surface area contributed by atoms with Gasteiger partial charge < -0.3 is 14.8 Å². The van der Waals surface area contributed by atoms with E-state index in [2.05, 4.69) is 10.0 Å². The van der Waals surface area contributed by atoms with Crippen LogP contribution in [0.2, 0.25) is 0 Å². The summed E-state index contributed by atoms with van der Waals surface area (Å²) in [6, 6.07) is 13.2. The Labute approximate surface area is 170 Å². The van der Waals surface area contributed by atoms with Gasteiger partial charge >= 0.3 is 0 Å². The normalized spacial score (nSPS) is 12.1. The van der Waals surface area contributed by atoms with E-state index >= 15 is 0 Å². The van der Waals surface area contributed by atoms with Gasteiger partial charge in [-0.15, -0.1) is 0 Å². The molecule has 2 aromatic rings. The maximum absolute atomic E-state index is 12.7. The topological polar surface area (TPSA) is 118 Å². The SMILES string of the molecule is COc1ccc(S(=O)(=O)NC(C(=O)Nc2ccc(OCC#N)cc2)C(C)C)cc1. The van der Waals surface area contributed by atoms with Crippen LogP contribution in [-0.2, 0) is 14.8 Å². The third kappa shape index (κ3) is 6.20. The molecule has 0 radical (unpaired) electrons. The molecule has 0 saturated carbocycles. The van der Waals surface area contributed by atoms with Crippen molar-refractivity contribution in [3.8, 4) is 17.6 Å². The Morgan fingerprint density at radius 3 is 2.17 bits per heavy atom. The van der Waals surface area contributed by atoms with Crippen molar-refractivity contribution in [2.24, 2.45) is 5.92 Å². The smallest absolute Gasteiger partial charge is 0.242 e. The van der Waals surface area contributed by atoms with Crippen molar-refractivity contribution >= 4 is 21.6 Å². The molecule has 1 atom stereocenters. The number of nitrogens with zero attached hydrogens (tertiary/aromatic N) is 1. The lowest BCUT2D eigenvalue weighted by atomic mass is 10.0. The van der Waals surface area contributed by atoms with Crippen LogP contribution in [0, 0.1) is 17.2 Å². The molecule has 0 aliphatic heterocycles. The number of methoxy groups -OCH3 is 1. The Morgan fingerprint density at radius 2 is 1.66 bits per heavy atom. The molecule has 0 heterocycles. The van der Waals surface area contributed by atoms with Crippen LogP contribution in [0.3, 0.4) is 0 Å². The molecular weight excluding hydrogens is 394 g/mol. The highest BCUT2D eigenvalue weighted by Gasteiger charge is 2.28. The number of hydrogen-bond acceptors (Lipinski definition) is 6. The van der Waals surface area contributed by atoms with E-state index in [1.54, 1.807) is 38.1 Å². The summed E-state index contributed by atoms with van der Waals surface area (Å²) in [6.45, 7) is 3.42. The van der Waals surface area contributed by atoms with Gasteiger partial charge in [0.05, 0.1) is 12.0 Å².